The van der Waals surface area contributed by atoms with Gasteiger partial charge in [-0.3, -0.25) is 4.79 Å². The molecule has 0 saturated carbocycles. The minimum Gasteiger partial charge on any atom is -0.490 e. The van der Waals surface area contributed by atoms with Crippen LogP contribution in [0.4, 0.5) is 10.1 Å². The first-order valence-electron chi connectivity index (χ1n) is 8.86. The third-order valence-electron chi connectivity index (χ3n) is 3.94. The molecule has 2 aromatic carbocycles. The molecule has 1 amide bonds. The molecule has 0 fully saturated rings. The lowest BCUT2D eigenvalue weighted by molar-refractivity contribution is -0.148. The van der Waals surface area contributed by atoms with Gasteiger partial charge >= 0.3 is 5.97 Å². The Morgan fingerprint density at radius 3 is 2.71 bits per heavy atom. The first kappa shape index (κ1) is 19.4. The second-order valence-corrected chi connectivity index (χ2v) is 6.17. The van der Waals surface area contributed by atoms with E-state index < -0.39 is 23.8 Å². The van der Waals surface area contributed by atoms with Crippen molar-refractivity contribution >= 4 is 23.6 Å². The van der Waals surface area contributed by atoms with Crippen LogP contribution in [0.1, 0.15) is 18.9 Å². The molecule has 0 spiro atoms. The van der Waals surface area contributed by atoms with E-state index in [1.165, 1.54) is 31.2 Å². The number of hydrogen-bond donors (Lipinski definition) is 1. The number of fused-ring (bicyclic) bond motifs is 1. The molecule has 0 bridgehead atoms. The monoisotopic (exact) mass is 385 g/mol. The SMILES string of the molecule is C[C@@H](OC(=O)/C=C/c1ccc2c(c1)OCCCO2)C(=O)Nc1cccc(F)c1. The zero-order chi connectivity index (χ0) is 19.9. The number of nitrogens with one attached hydrogen (secondary N) is 1. The molecule has 0 aliphatic carbocycles. The van der Waals surface area contributed by atoms with Gasteiger partial charge < -0.3 is 19.5 Å². The second kappa shape index (κ2) is 9.03. The third-order valence-corrected chi connectivity index (χ3v) is 3.94. The molecular weight excluding hydrogens is 365 g/mol. The van der Waals surface area contributed by atoms with E-state index in [1.807, 2.05) is 0 Å². The normalized spacial score (nSPS) is 14.2. The molecule has 1 N–H and O–H groups in total. The van der Waals surface area contributed by atoms with Crippen LogP contribution in [0.5, 0.6) is 11.5 Å². The predicted molar refractivity (Wildman–Crippen MR) is 102 cm³/mol. The van der Waals surface area contributed by atoms with E-state index in [4.69, 9.17) is 14.2 Å². The Labute approximate surface area is 161 Å². The Balaban J connectivity index is 1.55. The Hall–Kier alpha value is -3.35. The minimum absolute atomic E-state index is 0.288. The zero-order valence-electron chi connectivity index (χ0n) is 15.3. The molecular formula is C21H20FNO5. The number of esters is 1. The second-order valence-electron chi connectivity index (χ2n) is 6.17. The van der Waals surface area contributed by atoms with Gasteiger partial charge in [0.25, 0.3) is 5.91 Å². The van der Waals surface area contributed by atoms with Crippen LogP contribution in [0, 0.1) is 5.82 Å². The van der Waals surface area contributed by atoms with Crippen molar-refractivity contribution in [3.63, 3.8) is 0 Å². The van der Waals surface area contributed by atoms with Crippen LogP contribution in [0.3, 0.4) is 0 Å². The van der Waals surface area contributed by atoms with Crippen molar-refractivity contribution in [2.45, 2.75) is 19.4 Å². The average molecular weight is 385 g/mol. The van der Waals surface area contributed by atoms with E-state index >= 15 is 0 Å². The zero-order valence-corrected chi connectivity index (χ0v) is 15.3. The van der Waals surface area contributed by atoms with E-state index in [9.17, 15) is 14.0 Å². The molecule has 0 unspecified atom stereocenters. The van der Waals surface area contributed by atoms with Gasteiger partial charge in [-0.1, -0.05) is 12.1 Å². The largest absolute Gasteiger partial charge is 0.490 e. The summed E-state index contributed by atoms with van der Waals surface area (Å²) in [5.41, 5.74) is 1.02. The van der Waals surface area contributed by atoms with Gasteiger partial charge in [0.2, 0.25) is 0 Å². The number of carbonyl (C=O) groups excluding carboxylic acids is 2. The minimum atomic E-state index is -1.04. The maximum atomic E-state index is 13.2. The summed E-state index contributed by atoms with van der Waals surface area (Å²) in [6, 6.07) is 10.8. The Kier molecular flexibility index (Phi) is 6.26. The number of halogens is 1. The van der Waals surface area contributed by atoms with Crippen molar-refractivity contribution < 1.29 is 28.2 Å². The lowest BCUT2D eigenvalue weighted by Crippen LogP contribution is -2.29. The number of rotatable bonds is 5. The van der Waals surface area contributed by atoms with Crippen LogP contribution in [0.15, 0.2) is 48.5 Å². The molecule has 146 valence electrons. The molecule has 1 atom stereocenters. The van der Waals surface area contributed by atoms with Gasteiger partial charge in [0.05, 0.1) is 13.2 Å². The molecule has 0 saturated heterocycles. The van der Waals surface area contributed by atoms with Crippen molar-refractivity contribution in [1.29, 1.82) is 0 Å². The fourth-order valence-corrected chi connectivity index (χ4v) is 2.52. The summed E-state index contributed by atoms with van der Waals surface area (Å²) in [5.74, 6) is -0.409. The van der Waals surface area contributed by atoms with Crippen LogP contribution in [-0.2, 0) is 14.3 Å². The van der Waals surface area contributed by atoms with Gasteiger partial charge in [-0.2, -0.15) is 0 Å². The van der Waals surface area contributed by atoms with Gasteiger partial charge in [0, 0.05) is 18.2 Å². The first-order chi connectivity index (χ1) is 13.5. The van der Waals surface area contributed by atoms with Gasteiger partial charge in [0.15, 0.2) is 17.6 Å². The van der Waals surface area contributed by atoms with E-state index in [0.717, 1.165) is 12.0 Å². The smallest absolute Gasteiger partial charge is 0.331 e. The number of benzene rings is 2. The summed E-state index contributed by atoms with van der Waals surface area (Å²) in [7, 11) is 0. The standard InChI is InChI=1S/C21H20FNO5/c1-14(21(25)23-17-5-2-4-16(22)13-17)28-20(24)9-7-15-6-8-18-19(12-15)27-11-3-10-26-18/h2,4-9,12-14H,3,10-11H2,1H3,(H,23,25)/b9-7+/t14-/m1/s1. The molecule has 3 rings (SSSR count). The van der Waals surface area contributed by atoms with E-state index in [-0.39, 0.29) is 5.69 Å². The van der Waals surface area contributed by atoms with Crippen molar-refractivity contribution in [1.82, 2.24) is 0 Å². The summed E-state index contributed by atoms with van der Waals surface area (Å²) in [5, 5.41) is 2.49. The highest BCUT2D eigenvalue weighted by Crippen LogP contribution is 2.30. The molecule has 6 nitrogen and oxygen atoms in total. The maximum absolute atomic E-state index is 13.2. The highest BCUT2D eigenvalue weighted by molar-refractivity contribution is 5.96. The molecule has 7 heteroatoms. The number of hydrogen-bond acceptors (Lipinski definition) is 5. The Bertz CT molecular complexity index is 896. The molecule has 1 heterocycles. The van der Waals surface area contributed by atoms with E-state index in [0.29, 0.717) is 24.7 Å². The summed E-state index contributed by atoms with van der Waals surface area (Å²) in [6.45, 7) is 2.61. The Morgan fingerprint density at radius 2 is 1.93 bits per heavy atom. The lowest BCUT2D eigenvalue weighted by Gasteiger charge is -2.12. The fourth-order valence-electron chi connectivity index (χ4n) is 2.52. The number of amides is 1. The number of anilines is 1. The average Bonchev–Trinajstić information content (AvgIpc) is 2.91. The topological polar surface area (TPSA) is 73.9 Å². The molecule has 1 aliphatic heterocycles. The number of carbonyl (C=O) groups is 2. The molecule has 0 aromatic heterocycles. The molecule has 28 heavy (non-hydrogen) atoms. The predicted octanol–water partition coefficient (Wildman–Crippen LogP) is 3.57. The van der Waals surface area contributed by atoms with Gasteiger partial charge in [-0.25, -0.2) is 9.18 Å². The van der Waals surface area contributed by atoms with Gasteiger partial charge in [0.1, 0.15) is 5.82 Å². The summed E-state index contributed by atoms with van der Waals surface area (Å²) < 4.78 is 29.4. The highest BCUT2D eigenvalue weighted by Gasteiger charge is 2.17. The summed E-state index contributed by atoms with van der Waals surface area (Å²) in [4.78, 5) is 24.0. The number of ether oxygens (including phenoxy) is 3. The maximum Gasteiger partial charge on any atom is 0.331 e. The fraction of sp³-hybridized carbons (Fsp3) is 0.238. The van der Waals surface area contributed by atoms with E-state index in [1.54, 1.807) is 30.3 Å². The quantitative estimate of drug-likeness (QED) is 0.629. The third kappa shape index (κ3) is 5.33. The van der Waals surface area contributed by atoms with Crippen LogP contribution in [-0.4, -0.2) is 31.2 Å². The molecule has 1 aliphatic rings. The Morgan fingerprint density at radius 1 is 1.14 bits per heavy atom. The van der Waals surface area contributed by atoms with Crippen LogP contribution >= 0.6 is 0 Å². The van der Waals surface area contributed by atoms with Crippen molar-refractivity contribution in [3.05, 3.63) is 59.9 Å². The van der Waals surface area contributed by atoms with Crippen molar-refractivity contribution in [2.75, 3.05) is 18.5 Å². The summed E-state index contributed by atoms with van der Waals surface area (Å²) >= 11 is 0. The highest BCUT2D eigenvalue weighted by atomic mass is 19.1. The van der Waals surface area contributed by atoms with Crippen LogP contribution in [0.2, 0.25) is 0 Å². The van der Waals surface area contributed by atoms with Crippen LogP contribution < -0.4 is 14.8 Å². The summed E-state index contributed by atoms with van der Waals surface area (Å²) in [6.07, 6.45) is 2.56. The molecule has 0 radical (unpaired) electrons. The van der Waals surface area contributed by atoms with Gasteiger partial charge in [-0.05, 0) is 48.9 Å². The van der Waals surface area contributed by atoms with E-state index in [2.05, 4.69) is 5.32 Å². The van der Waals surface area contributed by atoms with Crippen LogP contribution in [0.25, 0.3) is 6.08 Å². The molecule has 2 aromatic rings. The lowest BCUT2D eigenvalue weighted by atomic mass is 10.2. The van der Waals surface area contributed by atoms with Gasteiger partial charge in [-0.15, -0.1) is 0 Å². The van der Waals surface area contributed by atoms with Crippen molar-refractivity contribution in [3.8, 4) is 11.5 Å². The first-order valence-corrected chi connectivity index (χ1v) is 8.86. The van der Waals surface area contributed by atoms with Crippen molar-refractivity contribution in [2.24, 2.45) is 0 Å².